The fourth-order valence-electron chi connectivity index (χ4n) is 3.50. The molecule has 0 bridgehead atoms. The van der Waals surface area contributed by atoms with Gasteiger partial charge < -0.3 is 10.1 Å². The van der Waals surface area contributed by atoms with E-state index in [4.69, 9.17) is 4.74 Å². The monoisotopic (exact) mass is 448 g/mol. The number of imide groups is 1. The van der Waals surface area contributed by atoms with Crippen LogP contribution < -0.4 is 15.0 Å². The second-order valence-electron chi connectivity index (χ2n) is 7.66. The van der Waals surface area contributed by atoms with Crippen LogP contribution in [0.2, 0.25) is 0 Å². The maximum absolute atomic E-state index is 13.8. The predicted octanol–water partition coefficient (Wildman–Crippen LogP) is 5.46. The van der Waals surface area contributed by atoms with Crippen LogP contribution in [0, 0.1) is 18.6 Å². The molecular weight excluding hydrogens is 426 g/mol. The lowest BCUT2D eigenvalue weighted by atomic mass is 10.0. The van der Waals surface area contributed by atoms with Crippen LogP contribution in [0.25, 0.3) is 5.57 Å². The number of aryl methyl sites for hydroxylation is 1. The van der Waals surface area contributed by atoms with E-state index in [0.29, 0.717) is 23.6 Å². The van der Waals surface area contributed by atoms with Gasteiger partial charge >= 0.3 is 0 Å². The van der Waals surface area contributed by atoms with Crippen molar-refractivity contribution in [1.29, 1.82) is 0 Å². The molecule has 4 rings (SSSR count). The molecule has 1 aliphatic rings. The predicted molar refractivity (Wildman–Crippen MR) is 123 cm³/mol. The summed E-state index contributed by atoms with van der Waals surface area (Å²) in [6.45, 7) is 4.46. The van der Waals surface area contributed by atoms with Gasteiger partial charge in [-0.25, -0.2) is 13.7 Å². The number of ether oxygens (including phenoxy) is 1. The van der Waals surface area contributed by atoms with Crippen molar-refractivity contribution in [2.75, 3.05) is 16.8 Å². The molecule has 1 N–H and O–H groups in total. The van der Waals surface area contributed by atoms with Gasteiger partial charge in [0.1, 0.15) is 11.4 Å². The van der Waals surface area contributed by atoms with Crippen molar-refractivity contribution in [2.24, 2.45) is 0 Å². The molecule has 0 radical (unpaired) electrons. The number of nitrogens with one attached hydrogen (secondary N) is 1. The molecule has 0 saturated carbocycles. The summed E-state index contributed by atoms with van der Waals surface area (Å²) >= 11 is 0. The topological polar surface area (TPSA) is 58.6 Å². The van der Waals surface area contributed by atoms with Crippen molar-refractivity contribution in [2.45, 2.75) is 20.3 Å². The molecule has 168 valence electrons. The van der Waals surface area contributed by atoms with Gasteiger partial charge in [0.2, 0.25) is 0 Å². The second-order valence-corrected chi connectivity index (χ2v) is 7.66. The molecular formula is C26H22F2N2O3. The molecule has 2 amide bonds. The number of carbonyl (C=O) groups is 2. The number of halogens is 2. The summed E-state index contributed by atoms with van der Waals surface area (Å²) in [5.41, 5.74) is 2.15. The van der Waals surface area contributed by atoms with Gasteiger partial charge in [0.05, 0.1) is 17.9 Å². The van der Waals surface area contributed by atoms with E-state index in [2.05, 4.69) is 5.32 Å². The zero-order chi connectivity index (χ0) is 23.5. The number of nitrogens with zero attached hydrogens (tertiary/aromatic N) is 1. The first kappa shape index (κ1) is 22.2. The molecule has 0 fully saturated rings. The van der Waals surface area contributed by atoms with Gasteiger partial charge in [0.25, 0.3) is 11.8 Å². The highest BCUT2D eigenvalue weighted by Crippen LogP contribution is 2.34. The molecule has 0 aliphatic carbocycles. The number of hydrogen-bond donors (Lipinski definition) is 1. The Labute approximate surface area is 190 Å². The van der Waals surface area contributed by atoms with E-state index in [-0.39, 0.29) is 17.0 Å². The zero-order valence-electron chi connectivity index (χ0n) is 18.2. The van der Waals surface area contributed by atoms with E-state index in [0.717, 1.165) is 29.0 Å². The van der Waals surface area contributed by atoms with Gasteiger partial charge in [0.15, 0.2) is 11.6 Å². The molecule has 0 spiro atoms. The van der Waals surface area contributed by atoms with Crippen LogP contribution in [0.5, 0.6) is 5.75 Å². The molecule has 5 nitrogen and oxygen atoms in total. The minimum absolute atomic E-state index is 0.0196. The summed E-state index contributed by atoms with van der Waals surface area (Å²) in [7, 11) is 0. The van der Waals surface area contributed by atoms with Crippen molar-refractivity contribution in [1.82, 2.24) is 0 Å². The quantitative estimate of drug-likeness (QED) is 0.488. The first-order chi connectivity index (χ1) is 15.9. The third kappa shape index (κ3) is 4.48. The zero-order valence-corrected chi connectivity index (χ0v) is 18.2. The summed E-state index contributed by atoms with van der Waals surface area (Å²) in [6, 6.07) is 17.0. The summed E-state index contributed by atoms with van der Waals surface area (Å²) in [5, 5.41) is 2.83. The number of anilines is 2. The minimum atomic E-state index is -1.06. The van der Waals surface area contributed by atoms with E-state index in [1.165, 1.54) is 6.07 Å². The van der Waals surface area contributed by atoms with Crippen molar-refractivity contribution in [3.8, 4) is 5.75 Å². The third-order valence-corrected chi connectivity index (χ3v) is 5.18. The van der Waals surface area contributed by atoms with Crippen LogP contribution in [0.15, 0.2) is 72.4 Å². The smallest absolute Gasteiger partial charge is 0.282 e. The number of amides is 2. The van der Waals surface area contributed by atoms with E-state index < -0.39 is 23.4 Å². The normalized spacial score (nSPS) is 13.6. The summed E-state index contributed by atoms with van der Waals surface area (Å²) in [4.78, 5) is 27.8. The van der Waals surface area contributed by atoms with E-state index in [1.807, 2.05) is 13.8 Å². The summed E-state index contributed by atoms with van der Waals surface area (Å²) in [5.74, 6) is -2.53. The molecule has 3 aromatic carbocycles. The van der Waals surface area contributed by atoms with Crippen LogP contribution >= 0.6 is 0 Å². The van der Waals surface area contributed by atoms with Crippen molar-refractivity contribution < 1.29 is 23.1 Å². The maximum Gasteiger partial charge on any atom is 0.282 e. The molecule has 0 aromatic heterocycles. The lowest BCUT2D eigenvalue weighted by Crippen LogP contribution is -2.32. The highest BCUT2D eigenvalue weighted by molar-refractivity contribution is 6.46. The fraction of sp³-hybridized carbons (Fsp3) is 0.154. The average Bonchev–Trinajstić information content (AvgIpc) is 3.05. The SMILES string of the molecule is CCCOc1ccc(C2=C(Nc3ccc(F)c(F)c3)C(=O)N(c3ccc(C)cc3)C2=O)cc1. The average molecular weight is 448 g/mol. The number of benzene rings is 3. The Morgan fingerprint density at radius 2 is 1.58 bits per heavy atom. The largest absolute Gasteiger partial charge is 0.494 e. The highest BCUT2D eigenvalue weighted by atomic mass is 19.2. The Balaban J connectivity index is 1.76. The molecule has 7 heteroatoms. The number of carbonyl (C=O) groups excluding carboxylic acids is 2. The minimum Gasteiger partial charge on any atom is -0.494 e. The molecule has 1 aliphatic heterocycles. The molecule has 0 unspecified atom stereocenters. The molecule has 0 saturated heterocycles. The molecule has 3 aromatic rings. The van der Waals surface area contributed by atoms with E-state index in [1.54, 1.807) is 48.5 Å². The van der Waals surface area contributed by atoms with Gasteiger partial charge in [-0.15, -0.1) is 0 Å². The van der Waals surface area contributed by atoms with Gasteiger partial charge in [-0.2, -0.15) is 0 Å². The van der Waals surface area contributed by atoms with Gasteiger partial charge in [0, 0.05) is 11.8 Å². The molecule has 0 atom stereocenters. The van der Waals surface area contributed by atoms with Gasteiger partial charge in [-0.05, 0) is 55.3 Å². The van der Waals surface area contributed by atoms with Crippen molar-refractivity contribution >= 4 is 28.8 Å². The Morgan fingerprint density at radius 1 is 0.879 bits per heavy atom. The molecule has 1 heterocycles. The fourth-order valence-corrected chi connectivity index (χ4v) is 3.50. The Bertz CT molecular complexity index is 1240. The first-order valence-electron chi connectivity index (χ1n) is 10.5. The third-order valence-electron chi connectivity index (χ3n) is 5.18. The van der Waals surface area contributed by atoms with Crippen molar-refractivity contribution in [3.63, 3.8) is 0 Å². The Morgan fingerprint density at radius 3 is 2.21 bits per heavy atom. The van der Waals surface area contributed by atoms with Crippen LogP contribution in [0.3, 0.4) is 0 Å². The van der Waals surface area contributed by atoms with Gasteiger partial charge in [-0.1, -0.05) is 36.8 Å². The van der Waals surface area contributed by atoms with Crippen LogP contribution in [-0.2, 0) is 9.59 Å². The Kier molecular flexibility index (Phi) is 6.22. The standard InChI is InChI=1S/C26H22F2N2O3/c1-3-14-33-20-11-6-17(7-12-20)23-24(29-18-8-13-21(27)22(28)15-18)26(32)30(25(23)31)19-9-4-16(2)5-10-19/h4-13,15,29H,3,14H2,1-2H3. The maximum atomic E-state index is 13.8. The summed E-state index contributed by atoms with van der Waals surface area (Å²) in [6.07, 6.45) is 0.855. The first-order valence-corrected chi connectivity index (χ1v) is 10.5. The van der Waals surface area contributed by atoms with Crippen LogP contribution in [0.1, 0.15) is 24.5 Å². The van der Waals surface area contributed by atoms with E-state index >= 15 is 0 Å². The number of hydrogen-bond acceptors (Lipinski definition) is 4. The lowest BCUT2D eigenvalue weighted by molar-refractivity contribution is -0.120. The number of rotatable bonds is 7. The van der Waals surface area contributed by atoms with Crippen LogP contribution in [-0.4, -0.2) is 18.4 Å². The molecule has 33 heavy (non-hydrogen) atoms. The second kappa shape index (κ2) is 9.24. The van der Waals surface area contributed by atoms with Crippen molar-refractivity contribution in [3.05, 3.63) is 95.2 Å². The summed E-state index contributed by atoms with van der Waals surface area (Å²) < 4.78 is 32.7. The van der Waals surface area contributed by atoms with E-state index in [9.17, 15) is 18.4 Å². The lowest BCUT2D eigenvalue weighted by Gasteiger charge is -2.15. The Hall–Kier alpha value is -4.00. The highest BCUT2D eigenvalue weighted by Gasteiger charge is 2.40. The van der Waals surface area contributed by atoms with Crippen LogP contribution in [0.4, 0.5) is 20.2 Å². The van der Waals surface area contributed by atoms with Gasteiger partial charge in [-0.3, -0.25) is 9.59 Å².